The molecular weight excluding hydrogens is 447 g/mol. The lowest BCUT2D eigenvalue weighted by Gasteiger charge is -2.19. The molecule has 180 valence electrons. The molecule has 0 aliphatic carbocycles. The standard InChI is InChI=1S/C23H25N3O.C2HF3O2/c1-2-6-22(19-7-4-3-5-8-19)26-23(27)20-9-11-21(12-10-20)25-17-18-13-15-24-16-14-18;3-2(4,5)1(6)7/h3-5,7-16,22,25H,2,6,17H2,1H3,(H,26,27);(H,6,7). The second-order valence-electron chi connectivity index (χ2n) is 7.31. The van der Waals surface area contributed by atoms with Crippen molar-refractivity contribution in [3.63, 3.8) is 0 Å². The van der Waals surface area contributed by atoms with Gasteiger partial charge in [0.1, 0.15) is 0 Å². The molecule has 1 atom stereocenters. The van der Waals surface area contributed by atoms with E-state index in [1.807, 2.05) is 54.6 Å². The zero-order valence-electron chi connectivity index (χ0n) is 18.5. The molecule has 2 aromatic carbocycles. The maximum Gasteiger partial charge on any atom is 0.490 e. The van der Waals surface area contributed by atoms with E-state index < -0.39 is 12.1 Å². The highest BCUT2D eigenvalue weighted by Crippen LogP contribution is 2.19. The quantitative estimate of drug-likeness (QED) is 0.396. The fourth-order valence-corrected chi connectivity index (χ4v) is 2.98. The van der Waals surface area contributed by atoms with E-state index in [-0.39, 0.29) is 11.9 Å². The number of nitrogens with zero attached hydrogens (tertiary/aromatic N) is 1. The number of halogens is 3. The molecule has 0 spiro atoms. The lowest BCUT2D eigenvalue weighted by Crippen LogP contribution is -2.28. The average molecular weight is 473 g/mol. The largest absolute Gasteiger partial charge is 0.490 e. The number of anilines is 1. The molecule has 0 saturated carbocycles. The highest BCUT2D eigenvalue weighted by molar-refractivity contribution is 5.94. The molecule has 3 aromatic rings. The van der Waals surface area contributed by atoms with Gasteiger partial charge in [0.2, 0.25) is 0 Å². The number of carboxylic acids is 1. The highest BCUT2D eigenvalue weighted by Gasteiger charge is 2.38. The van der Waals surface area contributed by atoms with Gasteiger partial charge >= 0.3 is 12.1 Å². The number of pyridine rings is 1. The molecular formula is C25H26F3N3O3. The molecule has 0 radical (unpaired) electrons. The summed E-state index contributed by atoms with van der Waals surface area (Å²) in [6.07, 6.45) is 0.410. The van der Waals surface area contributed by atoms with Crippen LogP contribution in [0, 0.1) is 0 Å². The first-order valence-electron chi connectivity index (χ1n) is 10.6. The van der Waals surface area contributed by atoms with Gasteiger partial charge < -0.3 is 15.7 Å². The zero-order chi connectivity index (χ0) is 25.0. The topological polar surface area (TPSA) is 91.3 Å². The van der Waals surface area contributed by atoms with Crippen LogP contribution in [-0.2, 0) is 11.3 Å². The van der Waals surface area contributed by atoms with Crippen LogP contribution in [0.15, 0.2) is 79.1 Å². The van der Waals surface area contributed by atoms with Gasteiger partial charge in [0.05, 0.1) is 6.04 Å². The number of hydrogen-bond donors (Lipinski definition) is 3. The zero-order valence-corrected chi connectivity index (χ0v) is 18.5. The van der Waals surface area contributed by atoms with Gasteiger partial charge in [-0.05, 0) is 53.9 Å². The fraction of sp³-hybridized carbons (Fsp3) is 0.240. The third-order valence-electron chi connectivity index (χ3n) is 4.72. The third kappa shape index (κ3) is 8.93. The molecule has 9 heteroatoms. The number of hydrogen-bond acceptors (Lipinski definition) is 4. The first-order chi connectivity index (χ1) is 16.2. The van der Waals surface area contributed by atoms with Crippen molar-refractivity contribution >= 4 is 17.6 Å². The summed E-state index contributed by atoms with van der Waals surface area (Å²) in [5, 5.41) is 13.6. The molecule has 0 aliphatic heterocycles. The van der Waals surface area contributed by atoms with Gasteiger partial charge in [0, 0.05) is 30.2 Å². The summed E-state index contributed by atoms with van der Waals surface area (Å²) < 4.78 is 31.7. The van der Waals surface area contributed by atoms with Crippen LogP contribution in [0.5, 0.6) is 0 Å². The lowest BCUT2D eigenvalue weighted by molar-refractivity contribution is -0.192. The monoisotopic (exact) mass is 473 g/mol. The average Bonchev–Trinajstić information content (AvgIpc) is 2.84. The van der Waals surface area contributed by atoms with E-state index in [4.69, 9.17) is 9.90 Å². The number of carbonyl (C=O) groups is 2. The summed E-state index contributed by atoms with van der Waals surface area (Å²) in [5.74, 6) is -2.80. The Balaban J connectivity index is 0.000000509. The van der Waals surface area contributed by atoms with Crippen molar-refractivity contribution in [1.82, 2.24) is 10.3 Å². The Morgan fingerprint density at radius 1 is 0.971 bits per heavy atom. The van der Waals surface area contributed by atoms with E-state index in [9.17, 15) is 18.0 Å². The van der Waals surface area contributed by atoms with Gasteiger partial charge in [0.25, 0.3) is 5.91 Å². The second-order valence-corrected chi connectivity index (χ2v) is 7.31. The Hall–Kier alpha value is -3.88. The number of benzene rings is 2. The molecule has 6 nitrogen and oxygen atoms in total. The molecule has 0 fully saturated rings. The Labute approximate surface area is 195 Å². The molecule has 1 unspecified atom stereocenters. The van der Waals surface area contributed by atoms with E-state index in [0.717, 1.165) is 36.2 Å². The number of amides is 1. The minimum atomic E-state index is -5.08. The molecule has 0 aliphatic rings. The van der Waals surface area contributed by atoms with Crippen LogP contribution < -0.4 is 10.6 Å². The Kier molecular flexibility index (Phi) is 10.1. The summed E-state index contributed by atoms with van der Waals surface area (Å²) in [5.41, 5.74) is 3.96. The van der Waals surface area contributed by atoms with E-state index >= 15 is 0 Å². The molecule has 1 heterocycles. The fourth-order valence-electron chi connectivity index (χ4n) is 2.98. The number of nitrogens with one attached hydrogen (secondary N) is 2. The van der Waals surface area contributed by atoms with Crippen LogP contribution in [0.2, 0.25) is 0 Å². The summed E-state index contributed by atoms with van der Waals surface area (Å²) in [6, 6.07) is 21.7. The van der Waals surface area contributed by atoms with E-state index in [2.05, 4.69) is 34.7 Å². The summed E-state index contributed by atoms with van der Waals surface area (Å²) in [7, 11) is 0. The van der Waals surface area contributed by atoms with E-state index in [1.165, 1.54) is 0 Å². The van der Waals surface area contributed by atoms with Crippen molar-refractivity contribution in [3.05, 3.63) is 95.8 Å². The molecule has 1 aromatic heterocycles. The van der Waals surface area contributed by atoms with Gasteiger partial charge in [-0.1, -0.05) is 43.7 Å². The normalized spacial score (nSPS) is 11.5. The smallest absolute Gasteiger partial charge is 0.475 e. The molecule has 34 heavy (non-hydrogen) atoms. The van der Waals surface area contributed by atoms with Gasteiger partial charge in [-0.25, -0.2) is 4.79 Å². The van der Waals surface area contributed by atoms with Crippen molar-refractivity contribution in [2.45, 2.75) is 38.5 Å². The number of carboxylic acid groups (broad SMARTS) is 1. The maximum absolute atomic E-state index is 12.7. The predicted octanol–water partition coefficient (Wildman–Crippen LogP) is 5.60. The number of rotatable bonds is 8. The van der Waals surface area contributed by atoms with Crippen LogP contribution in [0.25, 0.3) is 0 Å². The number of aromatic nitrogens is 1. The van der Waals surface area contributed by atoms with Gasteiger partial charge in [-0.15, -0.1) is 0 Å². The van der Waals surface area contributed by atoms with Crippen LogP contribution in [0.4, 0.5) is 18.9 Å². The highest BCUT2D eigenvalue weighted by atomic mass is 19.4. The van der Waals surface area contributed by atoms with Gasteiger partial charge in [-0.3, -0.25) is 9.78 Å². The Morgan fingerprint density at radius 2 is 1.56 bits per heavy atom. The molecule has 1 amide bonds. The van der Waals surface area contributed by atoms with Crippen molar-refractivity contribution in [2.24, 2.45) is 0 Å². The van der Waals surface area contributed by atoms with Crippen molar-refractivity contribution < 1.29 is 27.9 Å². The van der Waals surface area contributed by atoms with E-state index in [0.29, 0.717) is 5.56 Å². The molecule has 0 saturated heterocycles. The summed E-state index contributed by atoms with van der Waals surface area (Å²) in [6.45, 7) is 2.85. The minimum absolute atomic E-state index is 0.0354. The SMILES string of the molecule is CCCC(NC(=O)c1ccc(NCc2ccncc2)cc1)c1ccccc1.O=C(O)C(F)(F)F. The predicted molar refractivity (Wildman–Crippen MR) is 123 cm³/mol. The summed E-state index contributed by atoms with van der Waals surface area (Å²) >= 11 is 0. The Morgan fingerprint density at radius 3 is 2.09 bits per heavy atom. The van der Waals surface area contributed by atoms with Crippen LogP contribution in [-0.4, -0.2) is 28.1 Å². The number of carbonyl (C=O) groups excluding carboxylic acids is 1. The minimum Gasteiger partial charge on any atom is -0.475 e. The van der Waals surface area contributed by atoms with E-state index in [1.54, 1.807) is 12.4 Å². The lowest BCUT2D eigenvalue weighted by atomic mass is 10.0. The second kappa shape index (κ2) is 13.0. The maximum atomic E-state index is 12.7. The van der Waals surface area contributed by atoms with Crippen molar-refractivity contribution in [1.29, 1.82) is 0 Å². The van der Waals surface area contributed by atoms with Crippen LogP contribution >= 0.6 is 0 Å². The molecule has 0 bridgehead atoms. The van der Waals surface area contributed by atoms with Gasteiger partial charge in [0.15, 0.2) is 0 Å². The van der Waals surface area contributed by atoms with Gasteiger partial charge in [-0.2, -0.15) is 13.2 Å². The summed E-state index contributed by atoms with van der Waals surface area (Å²) in [4.78, 5) is 25.6. The Bertz CT molecular complexity index is 1030. The van der Waals surface area contributed by atoms with Crippen LogP contribution in [0.3, 0.4) is 0 Å². The molecule has 3 N–H and O–H groups in total. The first-order valence-corrected chi connectivity index (χ1v) is 10.6. The van der Waals surface area contributed by atoms with Crippen molar-refractivity contribution in [2.75, 3.05) is 5.32 Å². The molecule has 3 rings (SSSR count). The number of aliphatic carboxylic acids is 1. The number of alkyl halides is 3. The van der Waals surface area contributed by atoms with Crippen molar-refractivity contribution in [3.8, 4) is 0 Å². The van der Waals surface area contributed by atoms with Crippen LogP contribution in [0.1, 0.15) is 47.3 Å². The third-order valence-corrected chi connectivity index (χ3v) is 4.72. The first kappa shape index (κ1) is 26.4.